The molecular formula is C10H20N2O4S. The van der Waals surface area contributed by atoms with E-state index in [4.69, 9.17) is 5.11 Å². The number of hydrogen-bond acceptors (Lipinski definition) is 3. The van der Waals surface area contributed by atoms with Crippen LogP contribution in [0.2, 0.25) is 0 Å². The Morgan fingerprint density at radius 1 is 1.47 bits per heavy atom. The molecule has 1 saturated carbocycles. The number of carboxylic acids is 1. The lowest BCUT2D eigenvalue weighted by Gasteiger charge is -2.24. The summed E-state index contributed by atoms with van der Waals surface area (Å²) in [7, 11) is -2.11. The molecule has 6 nitrogen and oxygen atoms in total. The van der Waals surface area contributed by atoms with Crippen molar-refractivity contribution in [3.05, 3.63) is 0 Å². The average molecular weight is 264 g/mol. The number of hydrogen-bond donors (Lipinski definition) is 2. The number of carboxylic acid groups (broad SMARTS) is 1. The molecule has 2 N–H and O–H groups in total. The van der Waals surface area contributed by atoms with Crippen LogP contribution in [0.5, 0.6) is 0 Å². The van der Waals surface area contributed by atoms with Gasteiger partial charge in [-0.3, -0.25) is 4.79 Å². The molecule has 1 fully saturated rings. The fourth-order valence-corrected chi connectivity index (χ4v) is 2.92. The molecule has 0 heterocycles. The molecule has 17 heavy (non-hydrogen) atoms. The van der Waals surface area contributed by atoms with Gasteiger partial charge >= 0.3 is 5.97 Å². The number of nitrogens with zero attached hydrogens (tertiary/aromatic N) is 1. The van der Waals surface area contributed by atoms with Crippen molar-refractivity contribution in [1.82, 2.24) is 9.03 Å². The van der Waals surface area contributed by atoms with Crippen LogP contribution < -0.4 is 4.72 Å². The van der Waals surface area contributed by atoms with Crippen molar-refractivity contribution >= 4 is 16.2 Å². The molecule has 1 aliphatic rings. The normalized spacial score (nSPS) is 18.6. The lowest BCUT2D eigenvalue weighted by Crippen LogP contribution is -2.47. The predicted molar refractivity (Wildman–Crippen MR) is 63.7 cm³/mol. The van der Waals surface area contributed by atoms with Gasteiger partial charge < -0.3 is 5.11 Å². The minimum atomic E-state index is -3.59. The smallest absolute Gasteiger partial charge is 0.304 e. The maximum Gasteiger partial charge on any atom is 0.304 e. The summed E-state index contributed by atoms with van der Waals surface area (Å²) in [5, 5.41) is 8.76. The average Bonchev–Trinajstić information content (AvgIpc) is 2.97. The van der Waals surface area contributed by atoms with E-state index in [0.717, 1.165) is 12.8 Å². The minimum absolute atomic E-state index is 0.155. The van der Waals surface area contributed by atoms with Gasteiger partial charge in [0, 0.05) is 19.1 Å². The molecule has 0 radical (unpaired) electrons. The van der Waals surface area contributed by atoms with Gasteiger partial charge in [0.05, 0.1) is 6.42 Å². The number of rotatable bonds is 7. The quantitative estimate of drug-likeness (QED) is 0.697. The van der Waals surface area contributed by atoms with E-state index in [1.54, 1.807) is 13.8 Å². The zero-order valence-electron chi connectivity index (χ0n) is 10.4. The van der Waals surface area contributed by atoms with Crippen molar-refractivity contribution in [2.45, 2.75) is 45.2 Å². The lowest BCUT2D eigenvalue weighted by molar-refractivity contribution is -0.137. The molecule has 0 amide bonds. The molecule has 0 aromatic carbocycles. The Morgan fingerprint density at radius 3 is 2.35 bits per heavy atom. The number of aliphatic carboxylic acids is 1. The molecule has 0 aromatic heterocycles. The molecule has 0 saturated heterocycles. The highest BCUT2D eigenvalue weighted by molar-refractivity contribution is 7.87. The molecule has 1 unspecified atom stereocenters. The second-order valence-corrected chi connectivity index (χ2v) is 6.54. The molecule has 0 aromatic rings. The maximum absolute atomic E-state index is 11.9. The molecule has 0 aliphatic heterocycles. The van der Waals surface area contributed by atoms with Gasteiger partial charge in [0.15, 0.2) is 0 Å². The Labute approximate surface area is 102 Å². The first-order valence-electron chi connectivity index (χ1n) is 5.71. The van der Waals surface area contributed by atoms with Crippen LogP contribution in [-0.2, 0) is 15.0 Å². The third-order valence-electron chi connectivity index (χ3n) is 2.99. The highest BCUT2D eigenvalue weighted by Crippen LogP contribution is 2.34. The van der Waals surface area contributed by atoms with Crippen molar-refractivity contribution < 1.29 is 18.3 Å². The Hall–Kier alpha value is -0.660. The SMILES string of the molecule is CC(C)N(C)S(=O)(=O)NC(CC(=O)O)C1CC1. The van der Waals surface area contributed by atoms with Crippen molar-refractivity contribution in [3.63, 3.8) is 0 Å². The first-order valence-corrected chi connectivity index (χ1v) is 7.15. The van der Waals surface area contributed by atoms with Crippen molar-refractivity contribution in [3.8, 4) is 0 Å². The number of nitrogens with one attached hydrogen (secondary N) is 1. The van der Waals surface area contributed by atoms with E-state index in [1.165, 1.54) is 11.4 Å². The zero-order valence-corrected chi connectivity index (χ0v) is 11.2. The van der Waals surface area contributed by atoms with Crippen LogP contribution >= 0.6 is 0 Å². The first-order chi connectivity index (χ1) is 7.74. The summed E-state index contributed by atoms with van der Waals surface area (Å²) in [6, 6.07) is -0.643. The van der Waals surface area contributed by atoms with Gasteiger partial charge in [0.2, 0.25) is 0 Å². The van der Waals surface area contributed by atoms with Crippen LogP contribution in [0.15, 0.2) is 0 Å². The van der Waals surface area contributed by atoms with E-state index >= 15 is 0 Å². The highest BCUT2D eigenvalue weighted by atomic mass is 32.2. The first kappa shape index (κ1) is 14.4. The summed E-state index contributed by atoms with van der Waals surface area (Å²) < 4.78 is 27.5. The van der Waals surface area contributed by atoms with Crippen LogP contribution in [0.25, 0.3) is 0 Å². The van der Waals surface area contributed by atoms with Gasteiger partial charge in [0.25, 0.3) is 10.2 Å². The highest BCUT2D eigenvalue weighted by Gasteiger charge is 2.36. The van der Waals surface area contributed by atoms with Gasteiger partial charge in [0.1, 0.15) is 0 Å². The molecule has 1 atom stereocenters. The standard InChI is InChI=1S/C10H20N2O4S/c1-7(2)12(3)17(15,16)11-9(6-10(13)14)8-4-5-8/h7-9,11H,4-6H2,1-3H3,(H,13,14). The number of carbonyl (C=O) groups is 1. The Bertz CT molecular complexity index is 376. The van der Waals surface area contributed by atoms with Crippen LogP contribution in [0.3, 0.4) is 0 Å². The Kier molecular flexibility index (Phi) is 4.51. The largest absolute Gasteiger partial charge is 0.481 e. The lowest BCUT2D eigenvalue weighted by atomic mass is 10.1. The van der Waals surface area contributed by atoms with Crippen molar-refractivity contribution in [2.75, 3.05) is 7.05 Å². The van der Waals surface area contributed by atoms with Crippen molar-refractivity contribution in [1.29, 1.82) is 0 Å². The van der Waals surface area contributed by atoms with E-state index in [2.05, 4.69) is 4.72 Å². The van der Waals surface area contributed by atoms with Crippen LogP contribution in [0, 0.1) is 5.92 Å². The van der Waals surface area contributed by atoms with E-state index in [-0.39, 0.29) is 18.4 Å². The topological polar surface area (TPSA) is 86.7 Å². The third-order valence-corrected chi connectivity index (χ3v) is 4.77. The Balaban J connectivity index is 2.69. The predicted octanol–water partition coefficient (Wildman–Crippen LogP) is 0.414. The molecule has 0 spiro atoms. The van der Waals surface area contributed by atoms with E-state index < -0.39 is 22.2 Å². The summed E-state index contributed by atoms with van der Waals surface area (Å²) in [6.07, 6.45) is 1.63. The maximum atomic E-state index is 11.9. The van der Waals surface area contributed by atoms with Crippen LogP contribution in [0.4, 0.5) is 0 Å². The van der Waals surface area contributed by atoms with Gasteiger partial charge in [-0.1, -0.05) is 0 Å². The summed E-state index contributed by atoms with van der Waals surface area (Å²) >= 11 is 0. The van der Waals surface area contributed by atoms with Crippen LogP contribution in [0.1, 0.15) is 33.1 Å². The van der Waals surface area contributed by atoms with E-state index in [1.807, 2.05) is 0 Å². The molecule has 1 aliphatic carbocycles. The molecular weight excluding hydrogens is 244 g/mol. The Morgan fingerprint density at radius 2 is 2.00 bits per heavy atom. The molecule has 7 heteroatoms. The van der Waals surface area contributed by atoms with Crippen LogP contribution in [-0.4, -0.2) is 42.9 Å². The second-order valence-electron chi connectivity index (χ2n) is 4.77. The van der Waals surface area contributed by atoms with Gasteiger partial charge in [-0.25, -0.2) is 0 Å². The van der Waals surface area contributed by atoms with Gasteiger partial charge in [-0.2, -0.15) is 17.4 Å². The molecule has 0 bridgehead atoms. The third kappa shape index (κ3) is 4.25. The zero-order chi connectivity index (χ0) is 13.2. The van der Waals surface area contributed by atoms with Gasteiger partial charge in [-0.15, -0.1) is 0 Å². The minimum Gasteiger partial charge on any atom is -0.481 e. The summed E-state index contributed by atoms with van der Waals surface area (Å²) in [5.41, 5.74) is 0. The van der Waals surface area contributed by atoms with Gasteiger partial charge in [-0.05, 0) is 32.6 Å². The van der Waals surface area contributed by atoms with Crippen molar-refractivity contribution in [2.24, 2.45) is 5.92 Å². The van der Waals surface area contributed by atoms with E-state index in [0.29, 0.717) is 0 Å². The second kappa shape index (κ2) is 5.32. The molecule has 100 valence electrons. The summed E-state index contributed by atoms with van der Waals surface area (Å²) in [5.74, 6) is -0.807. The molecule has 1 rings (SSSR count). The fraction of sp³-hybridized carbons (Fsp3) is 0.900. The summed E-state index contributed by atoms with van der Waals surface area (Å²) in [4.78, 5) is 10.7. The fourth-order valence-electron chi connectivity index (χ4n) is 1.54. The monoisotopic (exact) mass is 264 g/mol. The summed E-state index contributed by atoms with van der Waals surface area (Å²) in [6.45, 7) is 3.53. The van der Waals surface area contributed by atoms with E-state index in [9.17, 15) is 13.2 Å².